The number of aromatic nitrogens is 2. The molecule has 1 heterocycles. The van der Waals surface area contributed by atoms with Crippen molar-refractivity contribution in [3.63, 3.8) is 0 Å². The van der Waals surface area contributed by atoms with Gasteiger partial charge in [-0.15, -0.1) is 0 Å². The fraction of sp³-hybridized carbons (Fsp3) is 0.400. The van der Waals surface area contributed by atoms with Crippen LogP contribution in [0.5, 0.6) is 5.75 Å². The maximum Gasteiger partial charge on any atom is 0.122 e. The summed E-state index contributed by atoms with van der Waals surface area (Å²) in [7, 11) is 3.26. The van der Waals surface area contributed by atoms with E-state index in [1.165, 1.54) is 0 Å². The Morgan fingerprint density at radius 1 is 1.38 bits per heavy atom. The quantitative estimate of drug-likeness (QED) is 0.866. The number of aliphatic hydroxyl groups is 1. The molecule has 0 fully saturated rings. The predicted molar refractivity (Wildman–Crippen MR) is 83.6 cm³/mol. The summed E-state index contributed by atoms with van der Waals surface area (Å²) in [6, 6.07) is 5.67. The molecule has 0 spiro atoms. The number of methoxy groups -OCH3 is 2. The molecule has 1 unspecified atom stereocenters. The van der Waals surface area contributed by atoms with Crippen molar-refractivity contribution in [3.8, 4) is 5.75 Å². The highest BCUT2D eigenvalue weighted by Crippen LogP contribution is 2.31. The maximum atomic E-state index is 10.7. The highest BCUT2D eigenvalue weighted by molar-refractivity contribution is 9.10. The minimum absolute atomic E-state index is 0.533. The summed E-state index contributed by atoms with van der Waals surface area (Å²) in [5, 5.41) is 14.9. The van der Waals surface area contributed by atoms with Crippen LogP contribution in [0.2, 0.25) is 0 Å². The van der Waals surface area contributed by atoms with Crippen molar-refractivity contribution in [2.45, 2.75) is 19.6 Å². The van der Waals surface area contributed by atoms with Gasteiger partial charge >= 0.3 is 0 Å². The van der Waals surface area contributed by atoms with Crippen LogP contribution in [0.3, 0.4) is 0 Å². The molecule has 0 amide bonds. The molecule has 1 N–H and O–H groups in total. The first-order chi connectivity index (χ1) is 10.1. The number of nitrogens with zero attached hydrogens (tertiary/aromatic N) is 2. The number of benzene rings is 1. The summed E-state index contributed by atoms with van der Waals surface area (Å²) in [5.41, 5.74) is 2.50. The lowest BCUT2D eigenvalue weighted by atomic mass is 10.0. The summed E-state index contributed by atoms with van der Waals surface area (Å²) in [4.78, 5) is 0. The van der Waals surface area contributed by atoms with Crippen LogP contribution < -0.4 is 4.74 Å². The molecule has 1 aromatic heterocycles. The van der Waals surface area contributed by atoms with Gasteiger partial charge in [0.1, 0.15) is 11.9 Å². The van der Waals surface area contributed by atoms with Crippen molar-refractivity contribution in [2.75, 3.05) is 20.8 Å². The Morgan fingerprint density at radius 3 is 2.81 bits per heavy atom. The largest absolute Gasteiger partial charge is 0.496 e. The fourth-order valence-electron chi connectivity index (χ4n) is 2.16. The number of hydrogen-bond acceptors (Lipinski definition) is 4. The van der Waals surface area contributed by atoms with Gasteiger partial charge in [-0.2, -0.15) is 5.10 Å². The van der Waals surface area contributed by atoms with Crippen molar-refractivity contribution in [1.29, 1.82) is 0 Å². The summed E-state index contributed by atoms with van der Waals surface area (Å²) in [5.74, 6) is 0.755. The third-order valence-electron chi connectivity index (χ3n) is 3.35. The second kappa shape index (κ2) is 7.06. The second-order valence-corrected chi connectivity index (χ2v) is 5.58. The highest BCUT2D eigenvalue weighted by atomic mass is 79.9. The van der Waals surface area contributed by atoms with E-state index in [1.54, 1.807) is 25.1 Å². The van der Waals surface area contributed by atoms with Crippen LogP contribution in [-0.4, -0.2) is 35.7 Å². The van der Waals surface area contributed by atoms with Gasteiger partial charge in [0.05, 0.1) is 36.6 Å². The zero-order chi connectivity index (χ0) is 15.4. The zero-order valence-electron chi connectivity index (χ0n) is 12.3. The molecule has 0 radical (unpaired) electrons. The molecule has 0 aliphatic rings. The van der Waals surface area contributed by atoms with Crippen molar-refractivity contribution < 1.29 is 14.6 Å². The molecule has 6 heteroatoms. The summed E-state index contributed by atoms with van der Waals surface area (Å²) in [6.07, 6.45) is 0.896. The van der Waals surface area contributed by atoms with E-state index in [-0.39, 0.29) is 0 Å². The van der Waals surface area contributed by atoms with Crippen LogP contribution in [0, 0.1) is 6.92 Å². The lowest BCUT2D eigenvalue weighted by molar-refractivity contribution is 0.171. The smallest absolute Gasteiger partial charge is 0.122 e. The molecule has 0 aliphatic carbocycles. The van der Waals surface area contributed by atoms with E-state index >= 15 is 0 Å². The minimum atomic E-state index is -0.784. The Labute approximate surface area is 132 Å². The molecule has 0 saturated heterocycles. The SMILES string of the molecule is COCCn1ncc(Br)c1C(O)c1ccc(C)c(OC)c1. The standard InChI is InChI=1S/C15H19BrN2O3/c1-10-4-5-11(8-13(10)21-3)15(19)14-12(16)9-17-18(14)6-7-20-2/h4-5,8-9,15,19H,6-7H2,1-3H3. The second-order valence-electron chi connectivity index (χ2n) is 4.73. The van der Waals surface area contributed by atoms with Crippen molar-refractivity contribution in [3.05, 3.63) is 45.7 Å². The van der Waals surface area contributed by atoms with Gasteiger partial charge in [-0.05, 0) is 40.0 Å². The third-order valence-corrected chi connectivity index (χ3v) is 3.96. The van der Waals surface area contributed by atoms with E-state index in [2.05, 4.69) is 21.0 Å². The first kappa shape index (κ1) is 16.0. The van der Waals surface area contributed by atoms with Crippen molar-refractivity contribution >= 4 is 15.9 Å². The summed E-state index contributed by atoms with van der Waals surface area (Å²) >= 11 is 3.44. The molecule has 0 bridgehead atoms. The lowest BCUT2D eigenvalue weighted by Gasteiger charge is -2.16. The molecule has 1 aromatic carbocycles. The monoisotopic (exact) mass is 354 g/mol. The van der Waals surface area contributed by atoms with Gasteiger partial charge in [-0.25, -0.2) is 0 Å². The van der Waals surface area contributed by atoms with Gasteiger partial charge in [0.2, 0.25) is 0 Å². The van der Waals surface area contributed by atoms with Crippen molar-refractivity contribution in [2.24, 2.45) is 0 Å². The van der Waals surface area contributed by atoms with Gasteiger partial charge in [0.15, 0.2) is 0 Å². The Kier molecular flexibility index (Phi) is 5.39. The van der Waals surface area contributed by atoms with Crippen LogP contribution >= 0.6 is 15.9 Å². The van der Waals surface area contributed by atoms with Crippen LogP contribution in [0.1, 0.15) is 22.9 Å². The van der Waals surface area contributed by atoms with Gasteiger partial charge in [-0.3, -0.25) is 4.68 Å². The average molecular weight is 355 g/mol. The maximum absolute atomic E-state index is 10.7. The fourth-order valence-corrected chi connectivity index (χ4v) is 2.68. The van der Waals surface area contributed by atoms with Crippen LogP contribution in [-0.2, 0) is 11.3 Å². The molecular weight excluding hydrogens is 336 g/mol. The first-order valence-electron chi connectivity index (χ1n) is 6.61. The number of aryl methyl sites for hydroxylation is 1. The molecule has 2 rings (SSSR count). The Balaban J connectivity index is 2.35. The minimum Gasteiger partial charge on any atom is -0.496 e. The molecule has 2 aromatic rings. The van der Waals surface area contributed by atoms with E-state index in [0.717, 1.165) is 21.3 Å². The van der Waals surface area contributed by atoms with Gasteiger partial charge in [-0.1, -0.05) is 12.1 Å². The number of aliphatic hydroxyl groups excluding tert-OH is 1. The predicted octanol–water partition coefficient (Wildman–Crippen LogP) is 2.69. The molecule has 114 valence electrons. The Morgan fingerprint density at radius 2 is 2.14 bits per heavy atom. The number of halogens is 1. The number of ether oxygens (including phenoxy) is 2. The summed E-state index contributed by atoms with van der Waals surface area (Å²) in [6.45, 7) is 3.08. The molecule has 0 saturated carbocycles. The highest BCUT2D eigenvalue weighted by Gasteiger charge is 2.20. The van der Waals surface area contributed by atoms with E-state index < -0.39 is 6.10 Å². The van der Waals surface area contributed by atoms with E-state index in [1.807, 2.05) is 25.1 Å². The van der Waals surface area contributed by atoms with E-state index in [9.17, 15) is 5.11 Å². The Bertz CT molecular complexity index is 613. The van der Waals surface area contributed by atoms with Gasteiger partial charge in [0.25, 0.3) is 0 Å². The topological polar surface area (TPSA) is 56.5 Å². The van der Waals surface area contributed by atoms with Crippen molar-refractivity contribution in [1.82, 2.24) is 9.78 Å². The first-order valence-corrected chi connectivity index (χ1v) is 7.40. The van der Waals surface area contributed by atoms with Gasteiger partial charge < -0.3 is 14.6 Å². The summed E-state index contributed by atoms with van der Waals surface area (Å²) < 4.78 is 12.9. The molecule has 1 atom stereocenters. The Hall–Kier alpha value is -1.37. The van der Waals surface area contributed by atoms with Crippen LogP contribution in [0.25, 0.3) is 0 Å². The third kappa shape index (κ3) is 3.45. The van der Waals surface area contributed by atoms with E-state index in [0.29, 0.717) is 18.8 Å². The normalized spacial score (nSPS) is 12.4. The molecule has 5 nitrogen and oxygen atoms in total. The lowest BCUT2D eigenvalue weighted by Crippen LogP contribution is -2.13. The van der Waals surface area contributed by atoms with E-state index in [4.69, 9.17) is 9.47 Å². The average Bonchev–Trinajstić information content (AvgIpc) is 2.85. The molecule has 21 heavy (non-hydrogen) atoms. The zero-order valence-corrected chi connectivity index (χ0v) is 13.9. The van der Waals surface area contributed by atoms with Gasteiger partial charge in [0, 0.05) is 7.11 Å². The van der Waals surface area contributed by atoms with Crippen LogP contribution in [0.4, 0.5) is 0 Å². The van der Waals surface area contributed by atoms with Crippen LogP contribution in [0.15, 0.2) is 28.9 Å². The number of rotatable bonds is 6. The molecule has 0 aliphatic heterocycles. The molecular formula is C15H19BrN2O3. The number of hydrogen-bond donors (Lipinski definition) is 1.